The Labute approximate surface area is 166 Å². The summed E-state index contributed by atoms with van der Waals surface area (Å²) in [6.45, 7) is 3.99. The summed E-state index contributed by atoms with van der Waals surface area (Å²) in [7, 11) is 0. The van der Waals surface area contributed by atoms with E-state index in [2.05, 4.69) is 20.9 Å². The van der Waals surface area contributed by atoms with Crippen molar-refractivity contribution in [2.24, 2.45) is 0 Å². The molecule has 4 N–H and O–H groups in total. The van der Waals surface area contributed by atoms with E-state index in [1.165, 1.54) is 18.2 Å². The number of hydrogen-bond donors (Lipinski definition) is 4. The van der Waals surface area contributed by atoms with Crippen LogP contribution in [0.3, 0.4) is 0 Å². The minimum atomic E-state index is -0.426. The molecule has 3 amide bonds. The van der Waals surface area contributed by atoms with Crippen molar-refractivity contribution >= 4 is 35.1 Å². The zero-order chi connectivity index (χ0) is 20.7. The van der Waals surface area contributed by atoms with Crippen molar-refractivity contribution in [3.8, 4) is 0 Å². The van der Waals surface area contributed by atoms with Gasteiger partial charge in [-0.1, -0.05) is 0 Å². The lowest BCUT2D eigenvalue weighted by Gasteiger charge is -2.23. The summed E-state index contributed by atoms with van der Waals surface area (Å²) in [6, 6.07) is 4.02. The molecule has 1 fully saturated rings. The van der Waals surface area contributed by atoms with Crippen molar-refractivity contribution in [3.63, 3.8) is 0 Å². The van der Waals surface area contributed by atoms with E-state index in [9.17, 15) is 18.8 Å². The number of H-pyrrole nitrogens is 1. The number of rotatable bonds is 3. The van der Waals surface area contributed by atoms with E-state index in [1.807, 2.05) is 0 Å². The molecule has 1 saturated heterocycles. The van der Waals surface area contributed by atoms with Crippen LogP contribution in [0.2, 0.25) is 0 Å². The number of piperidine rings is 1. The number of anilines is 1. The second-order valence-corrected chi connectivity index (χ2v) is 7.38. The Morgan fingerprint density at radius 1 is 1.28 bits per heavy atom. The molecule has 0 saturated carbocycles. The lowest BCUT2D eigenvalue weighted by atomic mass is 10.0. The molecule has 0 spiro atoms. The van der Waals surface area contributed by atoms with Gasteiger partial charge in [-0.05, 0) is 50.1 Å². The summed E-state index contributed by atoms with van der Waals surface area (Å²) in [4.78, 5) is 39.6. The van der Waals surface area contributed by atoms with E-state index in [0.29, 0.717) is 58.7 Å². The van der Waals surface area contributed by atoms with Crippen molar-refractivity contribution < 1.29 is 18.8 Å². The van der Waals surface area contributed by atoms with Crippen LogP contribution in [0.4, 0.5) is 10.1 Å². The van der Waals surface area contributed by atoms with Crippen LogP contribution < -0.4 is 16.0 Å². The molecule has 29 heavy (non-hydrogen) atoms. The van der Waals surface area contributed by atoms with Gasteiger partial charge in [0.1, 0.15) is 5.82 Å². The molecule has 150 valence electrons. The first-order valence-electron chi connectivity index (χ1n) is 9.43. The molecule has 0 radical (unpaired) electrons. The first-order chi connectivity index (χ1) is 13.8. The molecule has 1 aromatic heterocycles. The number of benzene rings is 1. The molecular weight excluding hydrogens is 375 g/mol. The van der Waals surface area contributed by atoms with Crippen LogP contribution in [0.25, 0.3) is 11.6 Å². The van der Waals surface area contributed by atoms with E-state index >= 15 is 0 Å². The van der Waals surface area contributed by atoms with E-state index in [-0.39, 0.29) is 23.8 Å². The highest BCUT2D eigenvalue weighted by molar-refractivity contribution is 6.34. The average molecular weight is 396 g/mol. The number of hydrogen-bond acceptors (Lipinski definition) is 3. The monoisotopic (exact) mass is 396 g/mol. The van der Waals surface area contributed by atoms with Crippen LogP contribution in [0.1, 0.15) is 45.7 Å². The van der Waals surface area contributed by atoms with Gasteiger partial charge < -0.3 is 20.9 Å². The van der Waals surface area contributed by atoms with Gasteiger partial charge in [-0.3, -0.25) is 14.4 Å². The smallest absolute Gasteiger partial charge is 0.256 e. The number of amides is 3. The fraction of sp³-hybridized carbons (Fsp3) is 0.286. The first-order valence-corrected chi connectivity index (χ1v) is 9.43. The standard InChI is InChI=1S/C21H21FN4O3/c1-10-17(8-15-14-7-12(22)3-5-16(14)26-20(15)28)24-11(2)19(10)21(29)25-13-4-6-18(27)23-9-13/h3,5,7-8,13,24H,4,6,9H2,1-2H3,(H,23,27)(H,25,29)(H,26,28)/b15-8-. The molecule has 4 rings (SSSR count). The number of halogens is 1. The number of fused-ring (bicyclic) bond motifs is 1. The van der Waals surface area contributed by atoms with Crippen molar-refractivity contribution in [1.82, 2.24) is 15.6 Å². The van der Waals surface area contributed by atoms with Gasteiger partial charge in [-0.15, -0.1) is 0 Å². The molecule has 0 aliphatic carbocycles. The number of aromatic nitrogens is 1. The van der Waals surface area contributed by atoms with Gasteiger partial charge in [0.05, 0.1) is 11.1 Å². The Kier molecular flexibility index (Phi) is 4.70. The number of nitrogens with one attached hydrogen (secondary N) is 4. The Morgan fingerprint density at radius 2 is 2.07 bits per heavy atom. The maximum Gasteiger partial charge on any atom is 0.256 e. The fourth-order valence-electron chi connectivity index (χ4n) is 3.82. The molecule has 1 atom stereocenters. The number of carbonyl (C=O) groups excluding carboxylic acids is 3. The van der Waals surface area contributed by atoms with E-state index < -0.39 is 5.82 Å². The lowest BCUT2D eigenvalue weighted by molar-refractivity contribution is -0.122. The van der Waals surface area contributed by atoms with Gasteiger partial charge in [0.25, 0.3) is 11.8 Å². The van der Waals surface area contributed by atoms with Crippen LogP contribution in [0.15, 0.2) is 18.2 Å². The summed E-state index contributed by atoms with van der Waals surface area (Å²) < 4.78 is 13.6. The summed E-state index contributed by atoms with van der Waals surface area (Å²) in [5.74, 6) is -0.985. The number of aryl methyl sites for hydroxylation is 1. The van der Waals surface area contributed by atoms with Crippen LogP contribution >= 0.6 is 0 Å². The molecule has 2 aliphatic heterocycles. The summed E-state index contributed by atoms with van der Waals surface area (Å²) in [5.41, 5.74) is 3.88. The SMILES string of the molecule is Cc1[nH]c(/C=C2\C(=O)Nc3ccc(F)cc32)c(C)c1C(=O)NC1CCC(=O)NC1. The molecule has 1 aromatic carbocycles. The van der Waals surface area contributed by atoms with Crippen LogP contribution in [0.5, 0.6) is 0 Å². The van der Waals surface area contributed by atoms with Gasteiger partial charge in [0, 0.05) is 41.6 Å². The average Bonchev–Trinajstić information content (AvgIpc) is 3.13. The van der Waals surface area contributed by atoms with Crippen LogP contribution in [-0.2, 0) is 9.59 Å². The first kappa shape index (κ1) is 18.9. The van der Waals surface area contributed by atoms with Gasteiger partial charge >= 0.3 is 0 Å². The van der Waals surface area contributed by atoms with Gasteiger partial charge in [0.15, 0.2) is 0 Å². The molecule has 8 heteroatoms. The summed E-state index contributed by atoms with van der Waals surface area (Å²) in [5, 5.41) is 8.41. The highest BCUT2D eigenvalue weighted by Crippen LogP contribution is 2.34. The Balaban J connectivity index is 1.62. The highest BCUT2D eigenvalue weighted by Gasteiger charge is 2.27. The highest BCUT2D eigenvalue weighted by atomic mass is 19.1. The third kappa shape index (κ3) is 3.53. The molecular formula is C21H21FN4O3. The lowest BCUT2D eigenvalue weighted by Crippen LogP contribution is -2.47. The number of carbonyl (C=O) groups is 3. The zero-order valence-electron chi connectivity index (χ0n) is 16.1. The fourth-order valence-corrected chi connectivity index (χ4v) is 3.82. The molecule has 2 aromatic rings. The minimum Gasteiger partial charge on any atom is -0.358 e. The topological polar surface area (TPSA) is 103 Å². The Bertz CT molecular complexity index is 1060. The molecule has 7 nitrogen and oxygen atoms in total. The van der Waals surface area contributed by atoms with Gasteiger partial charge in [-0.2, -0.15) is 0 Å². The third-order valence-electron chi connectivity index (χ3n) is 5.36. The largest absolute Gasteiger partial charge is 0.358 e. The van der Waals surface area contributed by atoms with E-state index in [1.54, 1.807) is 19.9 Å². The summed E-state index contributed by atoms with van der Waals surface area (Å²) in [6.07, 6.45) is 2.62. The van der Waals surface area contributed by atoms with Crippen molar-refractivity contribution in [2.75, 3.05) is 11.9 Å². The Hall–Kier alpha value is -3.42. The van der Waals surface area contributed by atoms with Gasteiger partial charge in [-0.25, -0.2) is 4.39 Å². The number of aromatic amines is 1. The quantitative estimate of drug-likeness (QED) is 0.599. The van der Waals surface area contributed by atoms with Crippen molar-refractivity contribution in [2.45, 2.75) is 32.7 Å². The second-order valence-electron chi connectivity index (χ2n) is 7.38. The normalized spacial score (nSPS) is 19.7. The zero-order valence-corrected chi connectivity index (χ0v) is 16.1. The summed E-state index contributed by atoms with van der Waals surface area (Å²) >= 11 is 0. The Morgan fingerprint density at radius 3 is 2.79 bits per heavy atom. The van der Waals surface area contributed by atoms with E-state index in [4.69, 9.17) is 0 Å². The molecule has 0 bridgehead atoms. The second kappa shape index (κ2) is 7.20. The van der Waals surface area contributed by atoms with Crippen LogP contribution in [0, 0.1) is 19.7 Å². The maximum atomic E-state index is 13.6. The predicted molar refractivity (Wildman–Crippen MR) is 107 cm³/mol. The van der Waals surface area contributed by atoms with Gasteiger partial charge in [0.2, 0.25) is 5.91 Å². The third-order valence-corrected chi connectivity index (χ3v) is 5.36. The minimum absolute atomic E-state index is 0.00928. The van der Waals surface area contributed by atoms with E-state index in [0.717, 1.165) is 0 Å². The van der Waals surface area contributed by atoms with Crippen molar-refractivity contribution in [1.29, 1.82) is 0 Å². The predicted octanol–water partition coefficient (Wildman–Crippen LogP) is 2.27. The maximum absolute atomic E-state index is 13.6. The molecule has 2 aliphatic rings. The van der Waals surface area contributed by atoms with Crippen molar-refractivity contribution in [3.05, 3.63) is 52.1 Å². The van der Waals surface area contributed by atoms with Crippen LogP contribution in [-0.4, -0.2) is 35.3 Å². The molecule has 3 heterocycles. The molecule has 1 unspecified atom stereocenters.